The molecule has 3 aromatic rings. The van der Waals surface area contributed by atoms with Crippen molar-refractivity contribution in [2.75, 3.05) is 5.32 Å². The minimum Gasteiger partial charge on any atom is -0.508 e. The van der Waals surface area contributed by atoms with E-state index < -0.39 is 54.0 Å². The number of carbonyl (C=O) groups excluding carboxylic acids is 4. The Kier molecular flexibility index (Phi) is 11.3. The maximum absolute atomic E-state index is 14.4. The average Bonchev–Trinajstić information content (AvgIpc) is 2.93. The lowest BCUT2D eigenvalue weighted by Gasteiger charge is -2.38. The van der Waals surface area contributed by atoms with Crippen molar-refractivity contribution >= 4 is 40.3 Å². The Morgan fingerprint density at radius 3 is 2.14 bits per heavy atom. The summed E-state index contributed by atoms with van der Waals surface area (Å²) in [4.78, 5) is 54.9. The summed E-state index contributed by atoms with van der Waals surface area (Å²) < 4.78 is 5.36. The number of alkyl carbamates (subject to hydrolysis) is 1. The number of hydrogen-bond donors (Lipinski definition) is 4. The number of amides is 4. The summed E-state index contributed by atoms with van der Waals surface area (Å²) in [6.07, 6.45) is -0.106. The van der Waals surface area contributed by atoms with Gasteiger partial charge in [-0.2, -0.15) is 0 Å². The van der Waals surface area contributed by atoms with Gasteiger partial charge in [-0.15, -0.1) is 0 Å². The van der Waals surface area contributed by atoms with E-state index in [4.69, 9.17) is 10.5 Å². The minimum absolute atomic E-state index is 0.00799. The smallest absolute Gasteiger partial charge is 0.408 e. The number of aromatic hydroxyl groups is 1. The van der Waals surface area contributed by atoms with Gasteiger partial charge in [0.25, 0.3) is 5.91 Å². The molecule has 3 unspecified atom stereocenters. The number of phenolic OH excluding ortho intramolecular Hbond substituents is 1. The van der Waals surface area contributed by atoms with Crippen LogP contribution in [0.1, 0.15) is 72.4 Å². The normalized spacial score (nSPS) is 13.5. The highest BCUT2D eigenvalue weighted by Crippen LogP contribution is 2.30. The Morgan fingerprint density at radius 2 is 1.55 bits per heavy atom. The van der Waals surface area contributed by atoms with Crippen LogP contribution in [0.15, 0.2) is 66.7 Å². The Hall–Kier alpha value is -4.60. The largest absolute Gasteiger partial charge is 0.508 e. The van der Waals surface area contributed by atoms with Crippen molar-refractivity contribution in [3.8, 4) is 5.75 Å². The first-order chi connectivity index (χ1) is 20.6. The number of rotatable bonds is 12. The molecule has 3 atom stereocenters. The molecule has 0 aliphatic rings. The molecule has 0 heterocycles. The second kappa shape index (κ2) is 14.7. The predicted octanol–water partition coefficient (Wildman–Crippen LogP) is 5.65. The Morgan fingerprint density at radius 1 is 0.909 bits per heavy atom. The van der Waals surface area contributed by atoms with Gasteiger partial charge in [-0.1, -0.05) is 56.3 Å². The van der Waals surface area contributed by atoms with Gasteiger partial charge in [-0.05, 0) is 87.1 Å². The Balaban J connectivity index is 2.09. The van der Waals surface area contributed by atoms with Crippen LogP contribution in [0.2, 0.25) is 0 Å². The van der Waals surface area contributed by atoms with Gasteiger partial charge in [0.2, 0.25) is 11.8 Å². The number of nitrogens with zero attached hydrogens (tertiary/aromatic N) is 1. The summed E-state index contributed by atoms with van der Waals surface area (Å²) >= 11 is 0. The highest BCUT2D eigenvalue weighted by molar-refractivity contribution is 6.01. The molecule has 0 aromatic heterocycles. The summed E-state index contributed by atoms with van der Waals surface area (Å²) in [7, 11) is 0. The number of nitrogens with one attached hydrogen (secondary N) is 2. The van der Waals surface area contributed by atoms with Crippen molar-refractivity contribution in [1.29, 1.82) is 0 Å². The van der Waals surface area contributed by atoms with Crippen molar-refractivity contribution in [3.05, 3.63) is 72.3 Å². The Bertz CT molecular complexity index is 1460. The van der Waals surface area contributed by atoms with E-state index in [1.165, 1.54) is 17.0 Å². The molecular formula is C34H44N4O6. The first-order valence-corrected chi connectivity index (χ1v) is 14.8. The molecule has 236 valence electrons. The highest BCUT2D eigenvalue weighted by atomic mass is 16.6. The van der Waals surface area contributed by atoms with Crippen LogP contribution >= 0.6 is 0 Å². The monoisotopic (exact) mass is 604 g/mol. The van der Waals surface area contributed by atoms with E-state index in [9.17, 15) is 24.3 Å². The van der Waals surface area contributed by atoms with Gasteiger partial charge in [0.15, 0.2) is 0 Å². The van der Waals surface area contributed by atoms with Crippen LogP contribution in [0, 0.1) is 5.92 Å². The summed E-state index contributed by atoms with van der Waals surface area (Å²) in [6.45, 7) is 11.0. The molecule has 4 amide bonds. The van der Waals surface area contributed by atoms with Gasteiger partial charge in [0.05, 0.1) is 6.42 Å². The van der Waals surface area contributed by atoms with Crippen LogP contribution in [0.3, 0.4) is 0 Å². The molecule has 0 radical (unpaired) electrons. The SMILES string of the molecule is CC(C)CCC(C)N(C(=O)C(CC(N)=O)NC(=O)OC(C)(C)C)C(C(=O)Nc1ccc2ccccc2c1)c1ccc(O)cc1. The van der Waals surface area contributed by atoms with Crippen LogP contribution in [-0.2, 0) is 19.1 Å². The van der Waals surface area contributed by atoms with Crippen LogP contribution in [-0.4, -0.2) is 51.5 Å². The van der Waals surface area contributed by atoms with Crippen LogP contribution < -0.4 is 16.4 Å². The number of phenols is 1. The van der Waals surface area contributed by atoms with Gasteiger partial charge in [0, 0.05) is 11.7 Å². The van der Waals surface area contributed by atoms with E-state index in [-0.39, 0.29) is 5.75 Å². The predicted molar refractivity (Wildman–Crippen MR) is 171 cm³/mol. The van der Waals surface area contributed by atoms with E-state index in [1.54, 1.807) is 39.0 Å². The van der Waals surface area contributed by atoms with Crippen LogP contribution in [0.5, 0.6) is 5.75 Å². The van der Waals surface area contributed by atoms with Gasteiger partial charge in [0.1, 0.15) is 23.4 Å². The van der Waals surface area contributed by atoms with Gasteiger partial charge < -0.3 is 31.1 Å². The fraction of sp³-hybridized carbons (Fsp3) is 0.412. The summed E-state index contributed by atoms with van der Waals surface area (Å²) in [5.41, 5.74) is 5.61. The number of fused-ring (bicyclic) bond motifs is 1. The first-order valence-electron chi connectivity index (χ1n) is 14.8. The van der Waals surface area contributed by atoms with Crippen molar-refractivity contribution in [1.82, 2.24) is 10.2 Å². The second-order valence-electron chi connectivity index (χ2n) is 12.5. The summed E-state index contributed by atoms with van der Waals surface area (Å²) in [6, 6.07) is 16.2. The molecule has 10 nitrogen and oxygen atoms in total. The molecule has 0 spiro atoms. The lowest BCUT2D eigenvalue weighted by atomic mass is 9.96. The molecule has 44 heavy (non-hydrogen) atoms. The summed E-state index contributed by atoms with van der Waals surface area (Å²) in [5.74, 6) is -1.68. The number of primary amides is 1. The van der Waals surface area contributed by atoms with Gasteiger partial charge >= 0.3 is 6.09 Å². The zero-order chi connectivity index (χ0) is 32.6. The molecule has 0 saturated carbocycles. The zero-order valence-electron chi connectivity index (χ0n) is 26.3. The molecule has 5 N–H and O–H groups in total. The molecule has 0 aliphatic heterocycles. The van der Waals surface area contributed by atoms with E-state index in [0.29, 0.717) is 23.6 Å². The molecule has 10 heteroatoms. The third-order valence-electron chi connectivity index (χ3n) is 7.04. The Labute approximate surface area is 258 Å². The molecule has 3 aromatic carbocycles. The number of anilines is 1. The standard InChI is InChI=1S/C34H44N4O6/c1-21(2)11-12-22(3)38(32(42)28(20-29(35)40)37-33(43)44-34(4,5)6)30(24-14-17-27(39)18-15-24)31(41)36-26-16-13-23-9-7-8-10-25(23)19-26/h7-10,13-19,21-22,28,30,39H,11-12,20H2,1-6H3,(H2,35,40)(H,36,41)(H,37,43). The van der Waals surface area contributed by atoms with Crippen molar-refractivity contribution in [2.45, 2.75) is 84.5 Å². The van der Waals surface area contributed by atoms with Crippen molar-refractivity contribution < 1.29 is 29.0 Å². The fourth-order valence-corrected chi connectivity index (χ4v) is 4.92. The van der Waals surface area contributed by atoms with Gasteiger partial charge in [-0.3, -0.25) is 14.4 Å². The summed E-state index contributed by atoms with van der Waals surface area (Å²) in [5, 5.41) is 17.4. The van der Waals surface area contributed by atoms with E-state index in [1.807, 2.05) is 43.3 Å². The van der Waals surface area contributed by atoms with Crippen LogP contribution in [0.4, 0.5) is 10.5 Å². The van der Waals surface area contributed by atoms with E-state index in [0.717, 1.165) is 17.2 Å². The van der Waals surface area contributed by atoms with E-state index >= 15 is 0 Å². The number of benzene rings is 3. The molecular weight excluding hydrogens is 560 g/mol. The van der Waals surface area contributed by atoms with E-state index in [2.05, 4.69) is 24.5 Å². The minimum atomic E-state index is -1.39. The first kappa shape index (κ1) is 33.9. The number of hydrogen-bond acceptors (Lipinski definition) is 6. The number of ether oxygens (including phenoxy) is 1. The topological polar surface area (TPSA) is 151 Å². The number of nitrogens with two attached hydrogens (primary N) is 1. The molecule has 0 fully saturated rings. The molecule has 0 aliphatic carbocycles. The lowest BCUT2D eigenvalue weighted by molar-refractivity contribution is -0.144. The van der Waals surface area contributed by atoms with Crippen molar-refractivity contribution in [3.63, 3.8) is 0 Å². The maximum atomic E-state index is 14.4. The lowest BCUT2D eigenvalue weighted by Crippen LogP contribution is -2.55. The molecule has 0 bridgehead atoms. The second-order valence-corrected chi connectivity index (χ2v) is 12.5. The fourth-order valence-electron chi connectivity index (χ4n) is 4.92. The van der Waals surface area contributed by atoms with Crippen molar-refractivity contribution in [2.24, 2.45) is 11.7 Å². The molecule has 0 saturated heterocycles. The average molecular weight is 605 g/mol. The molecule has 3 rings (SSSR count). The van der Waals surface area contributed by atoms with Crippen LogP contribution in [0.25, 0.3) is 10.8 Å². The third-order valence-corrected chi connectivity index (χ3v) is 7.04. The third kappa shape index (κ3) is 9.72. The number of carbonyl (C=O) groups is 4. The zero-order valence-corrected chi connectivity index (χ0v) is 26.3. The highest BCUT2D eigenvalue weighted by Gasteiger charge is 2.39. The van der Waals surface area contributed by atoms with Gasteiger partial charge in [-0.25, -0.2) is 4.79 Å². The maximum Gasteiger partial charge on any atom is 0.408 e. The quantitative estimate of drug-likeness (QED) is 0.210.